The lowest BCUT2D eigenvalue weighted by atomic mass is 9.80. The molecular weight excluding hydrogens is 350 g/mol. The maximum Gasteiger partial charge on any atom is 0.342 e. The number of hydrogen-bond donors (Lipinski definition) is 2. The average Bonchev–Trinajstić information content (AvgIpc) is 2.58. The van der Waals surface area contributed by atoms with Gasteiger partial charge in [0, 0.05) is 29.3 Å². The zero-order chi connectivity index (χ0) is 16.0. The lowest BCUT2D eigenvalue weighted by molar-refractivity contribution is -0.149. The molecule has 1 unspecified atom stereocenters. The zero-order valence-electron chi connectivity index (χ0n) is 12.3. The Kier molecular flexibility index (Phi) is 5.77. The minimum Gasteiger partial charge on any atom is -0.467 e. The molecule has 0 spiro atoms. The van der Waals surface area contributed by atoms with Gasteiger partial charge in [0.25, 0.3) is 0 Å². The van der Waals surface area contributed by atoms with Gasteiger partial charge in [0.15, 0.2) is 0 Å². The number of halogens is 1. The summed E-state index contributed by atoms with van der Waals surface area (Å²) in [5, 5.41) is 9.65. The second-order valence-electron chi connectivity index (χ2n) is 5.05. The number of hydrogen-bond acceptors (Lipinski definition) is 6. The van der Waals surface area contributed by atoms with Gasteiger partial charge in [0.1, 0.15) is 0 Å². The molecule has 1 aromatic carbocycles. The van der Waals surface area contributed by atoms with Crippen molar-refractivity contribution in [3.8, 4) is 6.07 Å². The Balaban J connectivity index is 2.18. The van der Waals surface area contributed by atoms with Gasteiger partial charge in [0.2, 0.25) is 5.54 Å². The molecule has 0 saturated carbocycles. The number of ether oxygens (including phenoxy) is 2. The second kappa shape index (κ2) is 7.58. The molecule has 0 amide bonds. The highest BCUT2D eigenvalue weighted by atomic mass is 79.9. The largest absolute Gasteiger partial charge is 0.467 e. The lowest BCUT2D eigenvalue weighted by Crippen LogP contribution is -2.60. The molecular formula is C15H18BrN3O3. The summed E-state index contributed by atoms with van der Waals surface area (Å²) in [4.78, 5) is 12.2. The number of rotatable bonds is 5. The summed E-state index contributed by atoms with van der Waals surface area (Å²) in [7, 11) is 1.29. The molecule has 22 heavy (non-hydrogen) atoms. The van der Waals surface area contributed by atoms with Crippen LogP contribution in [0.2, 0.25) is 0 Å². The van der Waals surface area contributed by atoms with Crippen LogP contribution in [0.25, 0.3) is 0 Å². The van der Waals surface area contributed by atoms with Crippen molar-refractivity contribution >= 4 is 27.6 Å². The highest BCUT2D eigenvalue weighted by molar-refractivity contribution is 9.10. The van der Waals surface area contributed by atoms with Crippen LogP contribution in [-0.2, 0) is 14.3 Å². The highest BCUT2D eigenvalue weighted by Gasteiger charge is 2.48. The Morgan fingerprint density at radius 2 is 2.05 bits per heavy atom. The summed E-state index contributed by atoms with van der Waals surface area (Å²) >= 11 is 3.36. The van der Waals surface area contributed by atoms with Crippen LogP contribution in [0, 0.1) is 17.2 Å². The van der Waals surface area contributed by atoms with Crippen molar-refractivity contribution in [1.82, 2.24) is 5.43 Å². The first kappa shape index (κ1) is 16.7. The van der Waals surface area contributed by atoms with E-state index in [2.05, 4.69) is 32.9 Å². The number of anilines is 1. The number of hydrazine groups is 1. The molecule has 0 bridgehead atoms. The number of carbonyl (C=O) groups is 1. The molecule has 1 aliphatic rings. The predicted octanol–water partition coefficient (Wildman–Crippen LogP) is 2.23. The topological polar surface area (TPSA) is 83.4 Å². The first-order chi connectivity index (χ1) is 10.6. The van der Waals surface area contributed by atoms with Crippen molar-refractivity contribution in [2.75, 3.05) is 25.7 Å². The van der Waals surface area contributed by atoms with E-state index in [0.717, 1.165) is 10.2 Å². The lowest BCUT2D eigenvalue weighted by Gasteiger charge is -2.35. The molecule has 2 N–H and O–H groups in total. The molecule has 0 radical (unpaired) electrons. The molecule has 2 rings (SSSR count). The van der Waals surface area contributed by atoms with E-state index in [9.17, 15) is 10.1 Å². The van der Waals surface area contributed by atoms with Crippen molar-refractivity contribution in [1.29, 1.82) is 5.26 Å². The summed E-state index contributed by atoms with van der Waals surface area (Å²) < 4.78 is 11.1. The Bertz CT molecular complexity index is 552. The predicted molar refractivity (Wildman–Crippen MR) is 84.8 cm³/mol. The Labute approximate surface area is 137 Å². The molecule has 0 aromatic heterocycles. The van der Waals surface area contributed by atoms with Gasteiger partial charge in [-0.1, -0.05) is 15.9 Å². The minimum atomic E-state index is -1.44. The van der Waals surface area contributed by atoms with Gasteiger partial charge in [-0.3, -0.25) is 0 Å². The van der Waals surface area contributed by atoms with Gasteiger partial charge < -0.3 is 14.9 Å². The fraction of sp³-hybridized carbons (Fsp3) is 0.467. The van der Waals surface area contributed by atoms with Crippen molar-refractivity contribution < 1.29 is 14.3 Å². The van der Waals surface area contributed by atoms with Crippen LogP contribution in [0.4, 0.5) is 5.69 Å². The standard InChI is InChI=1S/C15H18BrN3O3/c1-21-14(20)15(10-17,11-6-8-22-9-7-11)19-18-13-4-2-12(16)3-5-13/h2-5,11,18-19H,6-9H2,1H3. The second-order valence-corrected chi connectivity index (χ2v) is 5.97. The number of nitrogens with zero attached hydrogens (tertiary/aromatic N) is 1. The first-order valence-electron chi connectivity index (χ1n) is 6.98. The van der Waals surface area contributed by atoms with Crippen LogP contribution in [0.3, 0.4) is 0 Å². The molecule has 0 aliphatic carbocycles. The number of nitrogens with one attached hydrogen (secondary N) is 2. The number of nitriles is 1. The number of benzene rings is 1. The van der Waals surface area contributed by atoms with Crippen molar-refractivity contribution in [2.24, 2.45) is 5.92 Å². The van der Waals surface area contributed by atoms with Gasteiger partial charge in [-0.25, -0.2) is 10.2 Å². The highest BCUT2D eigenvalue weighted by Crippen LogP contribution is 2.29. The zero-order valence-corrected chi connectivity index (χ0v) is 13.9. The third-order valence-electron chi connectivity index (χ3n) is 3.77. The maximum absolute atomic E-state index is 12.2. The van der Waals surface area contributed by atoms with Crippen LogP contribution >= 0.6 is 15.9 Å². The maximum atomic E-state index is 12.2. The van der Waals surface area contributed by atoms with Crippen LogP contribution < -0.4 is 10.9 Å². The molecule has 1 atom stereocenters. The first-order valence-corrected chi connectivity index (χ1v) is 7.78. The third kappa shape index (κ3) is 3.58. The smallest absolute Gasteiger partial charge is 0.342 e. The number of carbonyl (C=O) groups excluding carboxylic acids is 1. The van der Waals surface area contributed by atoms with Gasteiger partial charge >= 0.3 is 5.97 Å². The summed E-state index contributed by atoms with van der Waals surface area (Å²) in [5.41, 5.74) is 5.13. The summed E-state index contributed by atoms with van der Waals surface area (Å²) in [6.45, 7) is 1.07. The van der Waals surface area contributed by atoms with Crippen molar-refractivity contribution in [3.05, 3.63) is 28.7 Å². The van der Waals surface area contributed by atoms with Gasteiger partial charge in [0.05, 0.1) is 13.2 Å². The minimum absolute atomic E-state index is 0.179. The van der Waals surface area contributed by atoms with Gasteiger partial charge in [-0.2, -0.15) is 5.26 Å². The van der Waals surface area contributed by atoms with Gasteiger partial charge in [-0.05, 0) is 37.1 Å². The molecule has 7 heteroatoms. The molecule has 1 aromatic rings. The molecule has 1 saturated heterocycles. The van der Waals surface area contributed by atoms with E-state index >= 15 is 0 Å². The molecule has 1 aliphatic heterocycles. The molecule has 118 valence electrons. The average molecular weight is 368 g/mol. The summed E-state index contributed by atoms with van der Waals surface area (Å²) in [5.74, 6) is -0.770. The fourth-order valence-electron chi connectivity index (χ4n) is 2.48. The molecule has 6 nitrogen and oxygen atoms in total. The Hall–Kier alpha value is -1.62. The van der Waals surface area contributed by atoms with E-state index in [1.807, 2.05) is 24.3 Å². The van der Waals surface area contributed by atoms with E-state index in [0.29, 0.717) is 26.1 Å². The molecule has 1 heterocycles. The normalized spacial score (nSPS) is 18.0. The van der Waals surface area contributed by atoms with Crippen LogP contribution in [0.5, 0.6) is 0 Å². The summed E-state index contributed by atoms with van der Waals surface area (Å²) in [6.07, 6.45) is 1.25. The monoisotopic (exact) mass is 367 g/mol. The van der Waals surface area contributed by atoms with Gasteiger partial charge in [-0.15, -0.1) is 0 Å². The van der Waals surface area contributed by atoms with E-state index < -0.39 is 11.5 Å². The molecule has 1 fully saturated rings. The van der Waals surface area contributed by atoms with E-state index in [4.69, 9.17) is 9.47 Å². The van der Waals surface area contributed by atoms with E-state index in [-0.39, 0.29) is 5.92 Å². The van der Waals surface area contributed by atoms with Crippen LogP contribution in [0.15, 0.2) is 28.7 Å². The van der Waals surface area contributed by atoms with E-state index in [1.54, 1.807) is 0 Å². The number of methoxy groups -OCH3 is 1. The van der Waals surface area contributed by atoms with E-state index in [1.165, 1.54) is 7.11 Å². The fourth-order valence-corrected chi connectivity index (χ4v) is 2.74. The number of esters is 1. The summed E-state index contributed by atoms with van der Waals surface area (Å²) in [6, 6.07) is 9.50. The van der Waals surface area contributed by atoms with Crippen molar-refractivity contribution in [2.45, 2.75) is 18.4 Å². The third-order valence-corrected chi connectivity index (χ3v) is 4.29. The van der Waals surface area contributed by atoms with Crippen LogP contribution in [0.1, 0.15) is 12.8 Å². The Morgan fingerprint density at radius 1 is 1.41 bits per heavy atom. The SMILES string of the molecule is COC(=O)C(C#N)(NNc1ccc(Br)cc1)C1CCOCC1. The Morgan fingerprint density at radius 3 is 2.59 bits per heavy atom. The van der Waals surface area contributed by atoms with Crippen LogP contribution in [-0.4, -0.2) is 31.8 Å². The quantitative estimate of drug-likeness (QED) is 0.613. The van der Waals surface area contributed by atoms with Crippen molar-refractivity contribution in [3.63, 3.8) is 0 Å².